The van der Waals surface area contributed by atoms with E-state index in [1.165, 1.54) is 0 Å². The molecule has 0 aromatic rings. The van der Waals surface area contributed by atoms with Gasteiger partial charge in [0.25, 0.3) is 0 Å². The summed E-state index contributed by atoms with van der Waals surface area (Å²) >= 11 is 0. The van der Waals surface area contributed by atoms with Crippen molar-refractivity contribution >= 4 is 12.0 Å². The molecule has 0 aromatic heterocycles. The molecule has 5 heteroatoms. The van der Waals surface area contributed by atoms with Gasteiger partial charge in [0.05, 0.1) is 5.41 Å². The van der Waals surface area contributed by atoms with Gasteiger partial charge >= 0.3 is 12.0 Å². The van der Waals surface area contributed by atoms with E-state index in [-0.39, 0.29) is 6.03 Å². The second-order valence-electron chi connectivity index (χ2n) is 5.19. The number of carbonyl (C=O) groups excluding carboxylic acids is 1. The van der Waals surface area contributed by atoms with Crippen molar-refractivity contribution in [1.29, 1.82) is 0 Å². The third-order valence-corrected chi connectivity index (χ3v) is 3.90. The fourth-order valence-corrected chi connectivity index (χ4v) is 2.41. The number of aliphatic carboxylic acids is 1. The van der Waals surface area contributed by atoms with Crippen LogP contribution in [0.3, 0.4) is 0 Å². The molecule has 2 amide bonds. The monoisotopic (exact) mass is 240 g/mol. The fourth-order valence-electron chi connectivity index (χ4n) is 2.41. The molecular weight excluding hydrogens is 220 g/mol. The summed E-state index contributed by atoms with van der Waals surface area (Å²) < 4.78 is 0. The molecule has 2 aliphatic rings. The summed E-state index contributed by atoms with van der Waals surface area (Å²) in [7, 11) is 0. The normalized spacial score (nSPS) is 28.9. The SMILES string of the molecule is CCC1(C(=O)O)CCCN(C(=O)NC2CC2)C1. The van der Waals surface area contributed by atoms with Crippen LogP contribution in [0.2, 0.25) is 0 Å². The molecule has 2 fully saturated rings. The zero-order valence-corrected chi connectivity index (χ0v) is 10.2. The Morgan fingerprint density at radius 2 is 2.18 bits per heavy atom. The molecule has 0 radical (unpaired) electrons. The second kappa shape index (κ2) is 4.55. The summed E-state index contributed by atoms with van der Waals surface area (Å²) in [5, 5.41) is 12.2. The molecule has 1 saturated heterocycles. The van der Waals surface area contributed by atoms with Crippen molar-refractivity contribution in [3.63, 3.8) is 0 Å². The van der Waals surface area contributed by atoms with Gasteiger partial charge in [-0.15, -0.1) is 0 Å². The number of hydrogen-bond acceptors (Lipinski definition) is 2. The number of amides is 2. The van der Waals surface area contributed by atoms with E-state index in [0.717, 1.165) is 19.3 Å². The van der Waals surface area contributed by atoms with Crippen LogP contribution < -0.4 is 5.32 Å². The quantitative estimate of drug-likeness (QED) is 0.784. The Bertz CT molecular complexity index is 328. The largest absolute Gasteiger partial charge is 0.481 e. The zero-order valence-electron chi connectivity index (χ0n) is 10.2. The van der Waals surface area contributed by atoms with Gasteiger partial charge in [-0.05, 0) is 32.1 Å². The van der Waals surface area contributed by atoms with Crippen molar-refractivity contribution in [1.82, 2.24) is 10.2 Å². The standard InChI is InChI=1S/C12H20N2O3/c1-2-12(10(15)16)6-3-7-14(8-12)11(17)13-9-4-5-9/h9H,2-8H2,1H3,(H,13,17)(H,15,16). The molecular formula is C12H20N2O3. The first-order chi connectivity index (χ1) is 8.07. The maximum Gasteiger partial charge on any atom is 0.317 e. The molecule has 2 N–H and O–H groups in total. The molecule has 1 saturated carbocycles. The van der Waals surface area contributed by atoms with Gasteiger partial charge in [-0.25, -0.2) is 4.79 Å². The number of piperidine rings is 1. The molecule has 2 rings (SSSR count). The molecule has 1 heterocycles. The number of rotatable bonds is 3. The third kappa shape index (κ3) is 2.53. The van der Waals surface area contributed by atoms with Crippen molar-refractivity contribution in [2.45, 2.75) is 45.1 Å². The summed E-state index contributed by atoms with van der Waals surface area (Å²) in [6, 6.07) is 0.233. The lowest BCUT2D eigenvalue weighted by molar-refractivity contribution is -0.152. The molecule has 1 unspecified atom stereocenters. The van der Waals surface area contributed by atoms with Crippen molar-refractivity contribution < 1.29 is 14.7 Å². The molecule has 0 aromatic carbocycles. The zero-order chi connectivity index (χ0) is 12.5. The summed E-state index contributed by atoms with van der Waals surface area (Å²) in [4.78, 5) is 24.9. The van der Waals surface area contributed by atoms with Gasteiger partial charge in [-0.3, -0.25) is 4.79 Å². The Hall–Kier alpha value is -1.26. The average molecular weight is 240 g/mol. The van der Waals surface area contributed by atoms with E-state index >= 15 is 0 Å². The number of nitrogens with zero attached hydrogens (tertiary/aromatic N) is 1. The average Bonchev–Trinajstić information content (AvgIpc) is 3.12. The molecule has 5 nitrogen and oxygen atoms in total. The minimum atomic E-state index is -0.774. The lowest BCUT2D eigenvalue weighted by atomic mass is 9.78. The van der Waals surface area contributed by atoms with Gasteiger partial charge in [-0.2, -0.15) is 0 Å². The van der Waals surface area contributed by atoms with Crippen LogP contribution in [0.1, 0.15) is 39.0 Å². The van der Waals surface area contributed by atoms with Gasteiger partial charge in [0, 0.05) is 19.1 Å². The topological polar surface area (TPSA) is 69.6 Å². The Balaban J connectivity index is 1.99. The van der Waals surface area contributed by atoms with E-state index in [1.807, 2.05) is 6.92 Å². The van der Waals surface area contributed by atoms with Crippen LogP contribution >= 0.6 is 0 Å². The fraction of sp³-hybridized carbons (Fsp3) is 0.833. The van der Waals surface area contributed by atoms with Crippen LogP contribution in [0.4, 0.5) is 4.79 Å². The summed E-state index contributed by atoms with van der Waals surface area (Å²) in [5.74, 6) is -0.774. The Kier molecular flexibility index (Phi) is 3.26. The van der Waals surface area contributed by atoms with E-state index in [4.69, 9.17) is 0 Å². The van der Waals surface area contributed by atoms with Crippen molar-refractivity contribution in [2.24, 2.45) is 5.41 Å². The number of likely N-dealkylation sites (tertiary alicyclic amines) is 1. The molecule has 0 spiro atoms. The summed E-state index contributed by atoms with van der Waals surface area (Å²) in [6.45, 7) is 2.90. The molecule has 1 atom stereocenters. The highest BCUT2D eigenvalue weighted by Gasteiger charge is 2.42. The van der Waals surface area contributed by atoms with E-state index < -0.39 is 11.4 Å². The number of carboxylic acid groups (broad SMARTS) is 1. The van der Waals surface area contributed by atoms with Gasteiger partial charge in [0.1, 0.15) is 0 Å². The van der Waals surface area contributed by atoms with Crippen molar-refractivity contribution in [2.75, 3.05) is 13.1 Å². The van der Waals surface area contributed by atoms with Gasteiger partial charge in [0.2, 0.25) is 0 Å². The predicted octanol–water partition coefficient (Wildman–Crippen LogP) is 1.44. The van der Waals surface area contributed by atoms with Crippen LogP contribution in [-0.4, -0.2) is 41.1 Å². The highest BCUT2D eigenvalue weighted by atomic mass is 16.4. The van der Waals surface area contributed by atoms with Crippen molar-refractivity contribution in [3.8, 4) is 0 Å². The minimum Gasteiger partial charge on any atom is -0.481 e. The van der Waals surface area contributed by atoms with Gasteiger partial charge < -0.3 is 15.3 Å². The molecule has 0 bridgehead atoms. The Morgan fingerprint density at radius 1 is 1.47 bits per heavy atom. The van der Waals surface area contributed by atoms with E-state index in [1.54, 1.807) is 4.90 Å². The Morgan fingerprint density at radius 3 is 2.71 bits per heavy atom. The number of nitrogens with one attached hydrogen (secondary N) is 1. The van der Waals surface area contributed by atoms with Crippen LogP contribution in [0.5, 0.6) is 0 Å². The highest BCUT2D eigenvalue weighted by molar-refractivity contribution is 5.79. The maximum absolute atomic E-state index is 11.9. The third-order valence-electron chi connectivity index (χ3n) is 3.90. The first-order valence-electron chi connectivity index (χ1n) is 6.36. The first-order valence-corrected chi connectivity index (χ1v) is 6.36. The number of carboxylic acids is 1. The van der Waals surface area contributed by atoms with E-state index in [9.17, 15) is 14.7 Å². The van der Waals surface area contributed by atoms with Gasteiger partial charge in [0.15, 0.2) is 0 Å². The minimum absolute atomic E-state index is 0.0914. The van der Waals surface area contributed by atoms with Crippen LogP contribution in [0.15, 0.2) is 0 Å². The summed E-state index contributed by atoms with van der Waals surface area (Å²) in [5.41, 5.74) is -0.737. The predicted molar refractivity (Wildman–Crippen MR) is 62.7 cm³/mol. The number of carbonyl (C=O) groups is 2. The van der Waals surface area contributed by atoms with Crippen LogP contribution in [-0.2, 0) is 4.79 Å². The van der Waals surface area contributed by atoms with E-state index in [0.29, 0.717) is 32.0 Å². The Labute approximate surface area is 101 Å². The lowest BCUT2D eigenvalue weighted by Gasteiger charge is -2.39. The number of hydrogen-bond donors (Lipinski definition) is 2. The molecule has 1 aliphatic heterocycles. The first kappa shape index (κ1) is 12.2. The molecule has 1 aliphatic carbocycles. The smallest absolute Gasteiger partial charge is 0.317 e. The van der Waals surface area contributed by atoms with Crippen molar-refractivity contribution in [3.05, 3.63) is 0 Å². The number of urea groups is 1. The highest BCUT2D eigenvalue weighted by Crippen LogP contribution is 2.33. The molecule has 96 valence electrons. The molecule has 17 heavy (non-hydrogen) atoms. The van der Waals surface area contributed by atoms with E-state index in [2.05, 4.69) is 5.32 Å². The van der Waals surface area contributed by atoms with Crippen LogP contribution in [0, 0.1) is 5.41 Å². The van der Waals surface area contributed by atoms with Gasteiger partial charge in [-0.1, -0.05) is 6.92 Å². The summed E-state index contributed by atoms with van der Waals surface area (Å²) in [6.07, 6.45) is 4.13. The maximum atomic E-state index is 11.9. The van der Waals surface area contributed by atoms with Crippen LogP contribution in [0.25, 0.3) is 0 Å². The second-order valence-corrected chi connectivity index (χ2v) is 5.19. The lowest BCUT2D eigenvalue weighted by Crippen LogP contribution is -2.52.